The van der Waals surface area contributed by atoms with Crippen LogP contribution in [-0.2, 0) is 6.54 Å². The molecule has 0 saturated carbocycles. The minimum absolute atomic E-state index is 0.781. The van der Waals surface area contributed by atoms with Crippen LogP contribution in [0.5, 0.6) is 0 Å². The Kier molecular flexibility index (Phi) is 3.45. The van der Waals surface area contributed by atoms with Gasteiger partial charge in [0.1, 0.15) is 0 Å². The van der Waals surface area contributed by atoms with Crippen molar-refractivity contribution in [3.63, 3.8) is 0 Å². The summed E-state index contributed by atoms with van der Waals surface area (Å²) in [5.41, 5.74) is 3.87. The van der Waals surface area contributed by atoms with Crippen LogP contribution in [0.1, 0.15) is 5.56 Å². The molecule has 2 aromatic carbocycles. The zero-order chi connectivity index (χ0) is 13.2. The molecule has 0 bridgehead atoms. The smallest absolute Gasteiger partial charge is 0.0456 e. The van der Waals surface area contributed by atoms with Crippen molar-refractivity contribution in [1.82, 2.24) is 4.90 Å². The van der Waals surface area contributed by atoms with E-state index in [4.69, 9.17) is 11.6 Å². The van der Waals surface area contributed by atoms with Crippen molar-refractivity contribution in [2.24, 2.45) is 0 Å². The molecule has 98 valence electrons. The summed E-state index contributed by atoms with van der Waals surface area (Å²) in [6.07, 6.45) is 0. The summed E-state index contributed by atoms with van der Waals surface area (Å²) in [4.78, 5) is 4.73. The van der Waals surface area contributed by atoms with Gasteiger partial charge in [0.15, 0.2) is 0 Å². The normalized spacial score (nSPS) is 16.0. The number of rotatable bonds is 1. The van der Waals surface area contributed by atoms with Crippen LogP contribution in [0.2, 0.25) is 5.02 Å². The molecule has 1 aliphatic heterocycles. The molecule has 0 amide bonds. The van der Waals surface area contributed by atoms with Gasteiger partial charge in [0, 0.05) is 36.0 Å². The van der Waals surface area contributed by atoms with Crippen molar-refractivity contribution in [3.8, 4) is 0 Å². The number of hydrogen-bond donors (Lipinski definition) is 0. The van der Waals surface area contributed by atoms with Crippen molar-refractivity contribution in [2.75, 3.05) is 25.0 Å². The largest absolute Gasteiger partial charge is 0.340 e. The summed E-state index contributed by atoms with van der Waals surface area (Å²) in [6, 6.07) is 16.7. The maximum atomic E-state index is 5.98. The highest BCUT2D eigenvalue weighted by Gasteiger charge is 2.18. The summed E-state index contributed by atoms with van der Waals surface area (Å²) < 4.78 is 0. The van der Waals surface area contributed by atoms with Gasteiger partial charge < -0.3 is 9.80 Å². The van der Waals surface area contributed by atoms with Crippen LogP contribution in [-0.4, -0.2) is 25.0 Å². The molecule has 0 aromatic heterocycles. The molecule has 0 unspecified atom stereocenters. The van der Waals surface area contributed by atoms with Crippen molar-refractivity contribution in [2.45, 2.75) is 6.54 Å². The first-order valence-electron chi connectivity index (χ1n) is 6.53. The Morgan fingerprint density at radius 3 is 2.47 bits per heavy atom. The third-order valence-electron chi connectivity index (χ3n) is 3.57. The number of anilines is 2. The Hall–Kier alpha value is -1.51. The van der Waals surface area contributed by atoms with E-state index in [2.05, 4.69) is 53.2 Å². The molecule has 1 aliphatic rings. The predicted octanol–water partition coefficient (Wildman–Crippen LogP) is 3.92. The van der Waals surface area contributed by atoms with Gasteiger partial charge in [0.25, 0.3) is 0 Å². The Morgan fingerprint density at radius 1 is 0.947 bits per heavy atom. The van der Waals surface area contributed by atoms with E-state index in [0.29, 0.717) is 0 Å². The van der Waals surface area contributed by atoms with Gasteiger partial charge in [0.2, 0.25) is 0 Å². The number of fused-ring (bicyclic) bond motifs is 1. The fourth-order valence-electron chi connectivity index (χ4n) is 2.56. The van der Waals surface area contributed by atoms with Crippen LogP contribution >= 0.6 is 11.6 Å². The van der Waals surface area contributed by atoms with Crippen molar-refractivity contribution < 1.29 is 0 Å². The molecule has 0 aliphatic carbocycles. The van der Waals surface area contributed by atoms with Crippen LogP contribution in [0.25, 0.3) is 0 Å². The molecular formula is C16H17ClN2. The molecule has 0 saturated heterocycles. The van der Waals surface area contributed by atoms with Gasteiger partial charge in [-0.3, -0.25) is 0 Å². The maximum Gasteiger partial charge on any atom is 0.0456 e. The van der Waals surface area contributed by atoms with E-state index in [1.807, 2.05) is 12.1 Å². The summed E-state index contributed by atoms with van der Waals surface area (Å²) in [5, 5.41) is 0.781. The van der Waals surface area contributed by atoms with E-state index < -0.39 is 0 Å². The predicted molar refractivity (Wildman–Crippen MR) is 81.2 cm³/mol. The molecule has 0 N–H and O–H groups in total. The minimum atomic E-state index is 0.781. The lowest BCUT2D eigenvalue weighted by atomic mass is 10.1. The first-order valence-corrected chi connectivity index (χ1v) is 6.91. The maximum absolute atomic E-state index is 5.98. The van der Waals surface area contributed by atoms with E-state index in [0.717, 1.165) is 24.7 Å². The molecule has 2 nitrogen and oxygen atoms in total. The second-order valence-electron chi connectivity index (χ2n) is 4.99. The SMILES string of the molecule is CN1CCN(c2ccc(Cl)cc2)c2ccccc2C1. The van der Waals surface area contributed by atoms with E-state index in [-0.39, 0.29) is 0 Å². The highest BCUT2D eigenvalue weighted by Crippen LogP contribution is 2.31. The average Bonchev–Trinajstić information content (AvgIpc) is 2.58. The topological polar surface area (TPSA) is 6.48 Å². The monoisotopic (exact) mass is 272 g/mol. The number of halogens is 1. The fourth-order valence-corrected chi connectivity index (χ4v) is 2.68. The summed E-state index contributed by atoms with van der Waals surface area (Å²) in [7, 11) is 2.17. The van der Waals surface area contributed by atoms with Crippen molar-refractivity contribution >= 4 is 23.0 Å². The average molecular weight is 273 g/mol. The van der Waals surface area contributed by atoms with Gasteiger partial charge in [-0.05, 0) is 42.9 Å². The molecule has 0 fully saturated rings. The van der Waals surface area contributed by atoms with E-state index >= 15 is 0 Å². The molecule has 0 radical (unpaired) electrons. The second kappa shape index (κ2) is 5.24. The highest BCUT2D eigenvalue weighted by molar-refractivity contribution is 6.30. The third kappa shape index (κ3) is 2.60. The number of para-hydroxylation sites is 1. The van der Waals surface area contributed by atoms with E-state index in [1.165, 1.54) is 16.9 Å². The molecule has 2 aromatic rings. The number of nitrogens with zero attached hydrogens (tertiary/aromatic N) is 2. The number of likely N-dealkylation sites (N-methyl/N-ethyl adjacent to an activating group) is 1. The van der Waals surface area contributed by atoms with Gasteiger partial charge in [-0.1, -0.05) is 29.8 Å². The van der Waals surface area contributed by atoms with Crippen LogP contribution in [0.4, 0.5) is 11.4 Å². The second-order valence-corrected chi connectivity index (χ2v) is 5.43. The molecule has 3 heteroatoms. The zero-order valence-electron chi connectivity index (χ0n) is 11.0. The van der Waals surface area contributed by atoms with Crippen LogP contribution in [0.3, 0.4) is 0 Å². The molecular weight excluding hydrogens is 256 g/mol. The number of hydrogen-bond acceptors (Lipinski definition) is 2. The Labute approximate surface area is 119 Å². The minimum Gasteiger partial charge on any atom is -0.340 e. The van der Waals surface area contributed by atoms with E-state index in [1.54, 1.807) is 0 Å². The van der Waals surface area contributed by atoms with Crippen LogP contribution in [0, 0.1) is 0 Å². The lowest BCUT2D eigenvalue weighted by Crippen LogP contribution is -2.26. The van der Waals surface area contributed by atoms with Crippen molar-refractivity contribution in [1.29, 1.82) is 0 Å². The first-order chi connectivity index (χ1) is 9.24. The van der Waals surface area contributed by atoms with Crippen molar-refractivity contribution in [3.05, 3.63) is 59.1 Å². The van der Waals surface area contributed by atoms with Gasteiger partial charge in [-0.2, -0.15) is 0 Å². The molecule has 0 atom stereocenters. The molecule has 3 rings (SSSR count). The van der Waals surface area contributed by atoms with Gasteiger partial charge >= 0.3 is 0 Å². The zero-order valence-corrected chi connectivity index (χ0v) is 11.8. The Balaban J connectivity index is 2.04. The molecule has 0 spiro atoms. The van der Waals surface area contributed by atoms with Gasteiger partial charge in [-0.25, -0.2) is 0 Å². The van der Waals surface area contributed by atoms with Crippen LogP contribution < -0.4 is 4.90 Å². The van der Waals surface area contributed by atoms with E-state index in [9.17, 15) is 0 Å². The summed E-state index contributed by atoms with van der Waals surface area (Å²) in [5.74, 6) is 0. The van der Waals surface area contributed by atoms with Gasteiger partial charge in [0.05, 0.1) is 0 Å². The Morgan fingerprint density at radius 2 is 1.68 bits per heavy atom. The molecule has 1 heterocycles. The number of benzene rings is 2. The van der Waals surface area contributed by atoms with Gasteiger partial charge in [-0.15, -0.1) is 0 Å². The summed E-state index contributed by atoms with van der Waals surface area (Å²) in [6.45, 7) is 3.05. The standard InChI is InChI=1S/C16H17ClN2/c1-18-10-11-19(15-8-6-14(17)7-9-15)16-5-3-2-4-13(16)12-18/h2-9H,10-12H2,1H3. The first kappa shape index (κ1) is 12.5. The lowest BCUT2D eigenvalue weighted by molar-refractivity contribution is 0.343. The fraction of sp³-hybridized carbons (Fsp3) is 0.250. The lowest BCUT2D eigenvalue weighted by Gasteiger charge is -2.24. The molecule has 19 heavy (non-hydrogen) atoms. The Bertz CT molecular complexity index is 565. The highest BCUT2D eigenvalue weighted by atomic mass is 35.5. The van der Waals surface area contributed by atoms with Crippen LogP contribution in [0.15, 0.2) is 48.5 Å². The third-order valence-corrected chi connectivity index (χ3v) is 3.82. The quantitative estimate of drug-likeness (QED) is 0.776. The summed E-state index contributed by atoms with van der Waals surface area (Å²) >= 11 is 5.98.